The van der Waals surface area contributed by atoms with Crippen molar-refractivity contribution >= 4 is 5.57 Å². The molecule has 2 heterocycles. The van der Waals surface area contributed by atoms with Gasteiger partial charge in [0.2, 0.25) is 5.82 Å². The SMILES string of the molecule is CC(C)n1nnc(C2=CCCN(C)C2)n1. The lowest BCUT2D eigenvalue weighted by Gasteiger charge is -2.20. The van der Waals surface area contributed by atoms with Gasteiger partial charge in [-0.1, -0.05) is 6.08 Å². The van der Waals surface area contributed by atoms with E-state index in [1.54, 1.807) is 4.80 Å². The Bertz CT molecular complexity index is 366. The maximum Gasteiger partial charge on any atom is 0.201 e. The normalized spacial score (nSPS) is 18.3. The molecule has 2 rings (SSSR count). The highest BCUT2D eigenvalue weighted by atomic mass is 15.6. The van der Waals surface area contributed by atoms with Gasteiger partial charge in [0.25, 0.3) is 0 Å². The summed E-state index contributed by atoms with van der Waals surface area (Å²) in [5.74, 6) is 0.773. The molecule has 0 spiro atoms. The number of aromatic nitrogens is 4. The lowest BCUT2D eigenvalue weighted by Crippen LogP contribution is -2.25. The molecule has 0 saturated carbocycles. The zero-order chi connectivity index (χ0) is 10.8. The Labute approximate surface area is 89.8 Å². The number of tetrazole rings is 1. The monoisotopic (exact) mass is 207 g/mol. The fourth-order valence-electron chi connectivity index (χ4n) is 1.63. The van der Waals surface area contributed by atoms with Crippen LogP contribution >= 0.6 is 0 Å². The highest BCUT2D eigenvalue weighted by Crippen LogP contribution is 2.16. The van der Waals surface area contributed by atoms with E-state index in [9.17, 15) is 0 Å². The van der Waals surface area contributed by atoms with Gasteiger partial charge in [0.1, 0.15) is 0 Å². The largest absolute Gasteiger partial charge is 0.302 e. The quantitative estimate of drug-likeness (QED) is 0.725. The Kier molecular flexibility index (Phi) is 2.81. The molecule has 0 radical (unpaired) electrons. The van der Waals surface area contributed by atoms with Crippen LogP contribution in [0.4, 0.5) is 0 Å². The summed E-state index contributed by atoms with van der Waals surface area (Å²) in [5.41, 5.74) is 1.19. The molecule has 0 N–H and O–H groups in total. The molecule has 15 heavy (non-hydrogen) atoms. The minimum Gasteiger partial charge on any atom is -0.302 e. The highest BCUT2D eigenvalue weighted by molar-refractivity contribution is 5.61. The molecule has 0 amide bonds. The molecule has 0 saturated heterocycles. The lowest BCUT2D eigenvalue weighted by atomic mass is 10.1. The molecule has 5 nitrogen and oxygen atoms in total. The predicted molar refractivity (Wildman–Crippen MR) is 58.3 cm³/mol. The third kappa shape index (κ3) is 2.23. The molecule has 1 aliphatic rings. The van der Waals surface area contributed by atoms with Crippen LogP contribution in [0, 0.1) is 0 Å². The first kappa shape index (κ1) is 10.3. The molecule has 0 unspecified atom stereocenters. The average molecular weight is 207 g/mol. The molecular formula is C10H17N5. The molecule has 0 atom stereocenters. The van der Waals surface area contributed by atoms with E-state index in [-0.39, 0.29) is 6.04 Å². The zero-order valence-electron chi connectivity index (χ0n) is 9.51. The summed E-state index contributed by atoms with van der Waals surface area (Å²) in [5, 5.41) is 12.5. The first-order chi connectivity index (χ1) is 7.16. The second kappa shape index (κ2) is 4.10. The number of nitrogens with zero attached hydrogens (tertiary/aromatic N) is 5. The molecule has 1 aliphatic heterocycles. The summed E-state index contributed by atoms with van der Waals surface area (Å²) >= 11 is 0. The van der Waals surface area contributed by atoms with Crippen LogP contribution < -0.4 is 0 Å². The van der Waals surface area contributed by atoms with Crippen LogP contribution in [0.15, 0.2) is 6.08 Å². The van der Waals surface area contributed by atoms with Crippen molar-refractivity contribution in [2.24, 2.45) is 0 Å². The maximum absolute atomic E-state index is 4.37. The topological polar surface area (TPSA) is 46.8 Å². The fourth-order valence-corrected chi connectivity index (χ4v) is 1.63. The summed E-state index contributed by atoms with van der Waals surface area (Å²) in [6, 6.07) is 0.271. The first-order valence-corrected chi connectivity index (χ1v) is 5.34. The summed E-state index contributed by atoms with van der Waals surface area (Å²) < 4.78 is 0. The third-order valence-electron chi connectivity index (χ3n) is 2.52. The standard InChI is InChI=1S/C10H17N5/c1-8(2)15-12-10(11-13-15)9-5-4-6-14(3)7-9/h5,8H,4,6-7H2,1-3H3. The molecule has 1 aromatic rings. The Morgan fingerprint density at radius 2 is 2.20 bits per heavy atom. The van der Waals surface area contributed by atoms with Crippen LogP contribution in [0.1, 0.15) is 32.1 Å². The van der Waals surface area contributed by atoms with Crippen molar-refractivity contribution in [1.29, 1.82) is 0 Å². The second-order valence-electron chi connectivity index (χ2n) is 4.28. The second-order valence-corrected chi connectivity index (χ2v) is 4.28. The van der Waals surface area contributed by atoms with Crippen LogP contribution in [0.2, 0.25) is 0 Å². The van der Waals surface area contributed by atoms with Crippen molar-refractivity contribution in [3.05, 3.63) is 11.9 Å². The molecule has 0 bridgehead atoms. The van der Waals surface area contributed by atoms with Crippen molar-refractivity contribution in [2.75, 3.05) is 20.1 Å². The van der Waals surface area contributed by atoms with Crippen molar-refractivity contribution in [3.8, 4) is 0 Å². The van der Waals surface area contributed by atoms with Crippen LogP contribution in [0.5, 0.6) is 0 Å². The minimum atomic E-state index is 0.271. The van der Waals surface area contributed by atoms with E-state index in [1.165, 1.54) is 5.57 Å². The molecule has 5 heteroatoms. The van der Waals surface area contributed by atoms with Gasteiger partial charge in [-0.3, -0.25) is 0 Å². The van der Waals surface area contributed by atoms with E-state index in [1.807, 2.05) is 13.8 Å². The lowest BCUT2D eigenvalue weighted by molar-refractivity contribution is 0.371. The Morgan fingerprint density at radius 1 is 1.40 bits per heavy atom. The average Bonchev–Trinajstić information content (AvgIpc) is 2.66. The number of hydrogen-bond acceptors (Lipinski definition) is 4. The van der Waals surface area contributed by atoms with Gasteiger partial charge < -0.3 is 4.90 Å². The van der Waals surface area contributed by atoms with E-state index < -0.39 is 0 Å². The summed E-state index contributed by atoms with van der Waals surface area (Å²) in [4.78, 5) is 3.93. The summed E-state index contributed by atoms with van der Waals surface area (Å²) in [6.07, 6.45) is 3.28. The van der Waals surface area contributed by atoms with Gasteiger partial charge in [-0.2, -0.15) is 4.80 Å². The maximum atomic E-state index is 4.37. The number of rotatable bonds is 2. The summed E-state index contributed by atoms with van der Waals surface area (Å²) in [7, 11) is 2.11. The van der Waals surface area contributed by atoms with Gasteiger partial charge in [0.15, 0.2) is 0 Å². The van der Waals surface area contributed by atoms with Crippen molar-refractivity contribution < 1.29 is 0 Å². The third-order valence-corrected chi connectivity index (χ3v) is 2.52. The smallest absolute Gasteiger partial charge is 0.201 e. The molecule has 0 fully saturated rings. The van der Waals surface area contributed by atoms with E-state index in [0.29, 0.717) is 0 Å². The zero-order valence-corrected chi connectivity index (χ0v) is 9.51. The van der Waals surface area contributed by atoms with Crippen LogP contribution in [0.3, 0.4) is 0 Å². The van der Waals surface area contributed by atoms with Crippen molar-refractivity contribution in [2.45, 2.75) is 26.3 Å². The molecular weight excluding hydrogens is 190 g/mol. The van der Waals surface area contributed by atoms with Crippen molar-refractivity contribution in [3.63, 3.8) is 0 Å². The van der Waals surface area contributed by atoms with E-state index >= 15 is 0 Å². The van der Waals surface area contributed by atoms with Gasteiger partial charge in [-0.05, 0) is 32.5 Å². The highest BCUT2D eigenvalue weighted by Gasteiger charge is 2.15. The van der Waals surface area contributed by atoms with Gasteiger partial charge >= 0.3 is 0 Å². The van der Waals surface area contributed by atoms with Crippen LogP contribution in [-0.2, 0) is 0 Å². The molecule has 0 aromatic carbocycles. The Hall–Kier alpha value is -1.23. The predicted octanol–water partition coefficient (Wildman–Crippen LogP) is 0.973. The fraction of sp³-hybridized carbons (Fsp3) is 0.700. The minimum absolute atomic E-state index is 0.271. The van der Waals surface area contributed by atoms with Gasteiger partial charge in [-0.15, -0.1) is 10.2 Å². The molecule has 1 aromatic heterocycles. The molecule has 0 aliphatic carbocycles. The molecule has 82 valence electrons. The Morgan fingerprint density at radius 3 is 2.80 bits per heavy atom. The van der Waals surface area contributed by atoms with Gasteiger partial charge in [-0.25, -0.2) is 0 Å². The Balaban J connectivity index is 2.18. The van der Waals surface area contributed by atoms with Gasteiger partial charge in [0.05, 0.1) is 6.04 Å². The van der Waals surface area contributed by atoms with E-state index in [2.05, 4.69) is 33.4 Å². The van der Waals surface area contributed by atoms with Crippen LogP contribution in [0.25, 0.3) is 5.57 Å². The first-order valence-electron chi connectivity index (χ1n) is 5.34. The van der Waals surface area contributed by atoms with E-state index in [0.717, 1.165) is 25.3 Å². The number of hydrogen-bond donors (Lipinski definition) is 0. The van der Waals surface area contributed by atoms with Gasteiger partial charge in [0, 0.05) is 18.7 Å². The van der Waals surface area contributed by atoms with Crippen LogP contribution in [-0.4, -0.2) is 45.2 Å². The van der Waals surface area contributed by atoms with E-state index in [4.69, 9.17) is 0 Å². The summed E-state index contributed by atoms with van der Waals surface area (Å²) in [6.45, 7) is 6.13. The van der Waals surface area contributed by atoms with Crippen molar-refractivity contribution in [1.82, 2.24) is 25.1 Å². The number of likely N-dealkylation sites (N-methyl/N-ethyl adjacent to an activating group) is 1.